The molecule has 0 amide bonds. The molecule has 0 aliphatic heterocycles. The first kappa shape index (κ1) is 13.3. The molecule has 0 fully saturated rings. The number of fused-ring (bicyclic) bond motifs is 1. The number of anilines is 1. The highest BCUT2D eigenvalue weighted by Gasteiger charge is 2.22. The summed E-state index contributed by atoms with van der Waals surface area (Å²) in [6.07, 6.45) is 6.24. The maximum absolute atomic E-state index is 6.55. The van der Waals surface area contributed by atoms with Gasteiger partial charge in [-0.1, -0.05) is 11.6 Å². The number of halogens is 1. The highest BCUT2D eigenvalue weighted by molar-refractivity contribution is 6.33. The van der Waals surface area contributed by atoms with Crippen LogP contribution in [-0.2, 0) is 19.9 Å². The van der Waals surface area contributed by atoms with E-state index in [1.165, 1.54) is 24.0 Å². The van der Waals surface area contributed by atoms with Gasteiger partial charge in [-0.15, -0.1) is 0 Å². The molecule has 1 aliphatic carbocycles. The molecule has 1 aliphatic rings. The molecule has 20 heavy (non-hydrogen) atoms. The van der Waals surface area contributed by atoms with E-state index in [0.717, 1.165) is 29.0 Å². The van der Waals surface area contributed by atoms with Crippen LogP contribution < -0.4 is 10.5 Å². The Labute approximate surface area is 123 Å². The third-order valence-corrected chi connectivity index (χ3v) is 4.42. The molecule has 1 aromatic carbocycles. The predicted octanol–water partition coefficient (Wildman–Crippen LogP) is 3.21. The van der Waals surface area contributed by atoms with E-state index in [1.807, 2.05) is 7.05 Å². The summed E-state index contributed by atoms with van der Waals surface area (Å²) >= 11 is 6.55. The lowest BCUT2D eigenvalue weighted by molar-refractivity contribution is 0.415. The molecule has 4 nitrogen and oxygen atoms in total. The van der Waals surface area contributed by atoms with Crippen LogP contribution in [0.2, 0.25) is 5.02 Å². The van der Waals surface area contributed by atoms with Crippen molar-refractivity contribution in [3.63, 3.8) is 0 Å². The summed E-state index contributed by atoms with van der Waals surface area (Å²) in [5.41, 5.74) is 10.4. The quantitative estimate of drug-likeness (QED) is 0.924. The second kappa shape index (κ2) is 5.02. The maximum atomic E-state index is 6.55. The highest BCUT2D eigenvalue weighted by Crippen LogP contribution is 2.43. The van der Waals surface area contributed by atoms with Crippen LogP contribution in [0.4, 0.5) is 5.82 Å². The van der Waals surface area contributed by atoms with Gasteiger partial charge in [0.05, 0.1) is 18.3 Å². The lowest BCUT2D eigenvalue weighted by atomic mass is 9.88. The zero-order valence-corrected chi connectivity index (χ0v) is 12.5. The zero-order valence-electron chi connectivity index (χ0n) is 11.7. The van der Waals surface area contributed by atoms with Crippen LogP contribution in [0.25, 0.3) is 11.1 Å². The van der Waals surface area contributed by atoms with Crippen LogP contribution in [0.15, 0.2) is 12.3 Å². The lowest BCUT2D eigenvalue weighted by Crippen LogP contribution is -2.06. The molecule has 3 rings (SSSR count). The van der Waals surface area contributed by atoms with Crippen molar-refractivity contribution in [3.05, 3.63) is 28.4 Å². The number of ether oxygens (including phenoxy) is 1. The van der Waals surface area contributed by atoms with E-state index in [0.29, 0.717) is 11.6 Å². The van der Waals surface area contributed by atoms with E-state index in [4.69, 9.17) is 22.1 Å². The van der Waals surface area contributed by atoms with Crippen LogP contribution in [0.1, 0.15) is 24.0 Å². The number of aryl methyl sites for hydroxylation is 2. The smallest absolute Gasteiger partial charge is 0.145 e. The molecule has 2 aromatic rings. The Kier molecular flexibility index (Phi) is 3.34. The van der Waals surface area contributed by atoms with Gasteiger partial charge < -0.3 is 10.5 Å². The SMILES string of the molecule is COc1c(-c2cnn(C)c2N)cc2c(c1Cl)CCCC2. The van der Waals surface area contributed by atoms with Crippen LogP contribution >= 0.6 is 11.6 Å². The molecule has 1 aromatic heterocycles. The molecule has 0 radical (unpaired) electrons. The molecule has 0 bridgehead atoms. The van der Waals surface area contributed by atoms with E-state index in [2.05, 4.69) is 11.2 Å². The summed E-state index contributed by atoms with van der Waals surface area (Å²) in [6, 6.07) is 2.16. The fraction of sp³-hybridized carbons (Fsp3) is 0.400. The molecule has 2 N–H and O–H groups in total. The summed E-state index contributed by atoms with van der Waals surface area (Å²) < 4.78 is 7.19. The van der Waals surface area contributed by atoms with Crippen molar-refractivity contribution >= 4 is 17.4 Å². The van der Waals surface area contributed by atoms with Gasteiger partial charge in [0.2, 0.25) is 0 Å². The Morgan fingerprint density at radius 1 is 1.30 bits per heavy atom. The molecular weight excluding hydrogens is 274 g/mol. The minimum Gasteiger partial charge on any atom is -0.495 e. The van der Waals surface area contributed by atoms with E-state index in [1.54, 1.807) is 18.0 Å². The summed E-state index contributed by atoms with van der Waals surface area (Å²) in [6.45, 7) is 0. The number of benzene rings is 1. The second-order valence-electron chi connectivity index (χ2n) is 5.18. The van der Waals surface area contributed by atoms with Gasteiger partial charge in [-0.05, 0) is 42.9 Å². The van der Waals surface area contributed by atoms with Crippen molar-refractivity contribution in [2.24, 2.45) is 7.05 Å². The molecule has 106 valence electrons. The van der Waals surface area contributed by atoms with E-state index in [9.17, 15) is 0 Å². The van der Waals surface area contributed by atoms with E-state index in [-0.39, 0.29) is 0 Å². The summed E-state index contributed by atoms with van der Waals surface area (Å²) in [5.74, 6) is 1.32. The number of rotatable bonds is 2. The molecule has 0 saturated carbocycles. The average molecular weight is 292 g/mol. The number of methoxy groups -OCH3 is 1. The standard InChI is InChI=1S/C15H18ClN3O/c1-19-15(17)12(8-18-19)11-7-9-5-3-4-6-10(9)13(16)14(11)20-2/h7-8H,3-6,17H2,1-2H3. The van der Waals surface area contributed by atoms with Crippen molar-refractivity contribution in [2.75, 3.05) is 12.8 Å². The number of nitrogen functional groups attached to an aromatic ring is 1. The van der Waals surface area contributed by atoms with Crippen molar-refractivity contribution < 1.29 is 4.74 Å². The Morgan fingerprint density at radius 3 is 2.70 bits per heavy atom. The Morgan fingerprint density at radius 2 is 2.05 bits per heavy atom. The first-order valence-electron chi connectivity index (χ1n) is 6.79. The van der Waals surface area contributed by atoms with Gasteiger partial charge in [-0.2, -0.15) is 5.10 Å². The first-order valence-corrected chi connectivity index (χ1v) is 7.17. The Balaban J connectivity index is 2.25. The minimum atomic E-state index is 0.620. The van der Waals surface area contributed by atoms with E-state index >= 15 is 0 Å². The summed E-state index contributed by atoms with van der Waals surface area (Å²) in [4.78, 5) is 0. The largest absolute Gasteiger partial charge is 0.495 e. The molecule has 0 unspecified atom stereocenters. The fourth-order valence-electron chi connectivity index (χ4n) is 2.89. The minimum absolute atomic E-state index is 0.620. The highest BCUT2D eigenvalue weighted by atomic mass is 35.5. The molecule has 1 heterocycles. The second-order valence-corrected chi connectivity index (χ2v) is 5.56. The van der Waals surface area contributed by atoms with Gasteiger partial charge >= 0.3 is 0 Å². The Bertz CT molecular complexity index is 664. The molecule has 0 saturated heterocycles. The third kappa shape index (κ3) is 1.95. The van der Waals surface area contributed by atoms with E-state index < -0.39 is 0 Å². The number of aromatic nitrogens is 2. The number of hydrogen-bond donors (Lipinski definition) is 1. The summed E-state index contributed by atoms with van der Waals surface area (Å²) in [7, 11) is 3.47. The summed E-state index contributed by atoms with van der Waals surface area (Å²) in [5, 5.41) is 4.93. The van der Waals surface area contributed by atoms with Gasteiger partial charge in [0.15, 0.2) is 0 Å². The number of hydrogen-bond acceptors (Lipinski definition) is 3. The van der Waals surface area contributed by atoms with Gasteiger partial charge in [-0.3, -0.25) is 4.68 Å². The molecule has 5 heteroatoms. The van der Waals surface area contributed by atoms with Crippen LogP contribution in [0.5, 0.6) is 5.75 Å². The third-order valence-electron chi connectivity index (χ3n) is 4.02. The monoisotopic (exact) mass is 291 g/mol. The predicted molar refractivity (Wildman–Crippen MR) is 81.3 cm³/mol. The topological polar surface area (TPSA) is 53.1 Å². The number of nitrogens with two attached hydrogens (primary N) is 1. The fourth-order valence-corrected chi connectivity index (χ4v) is 3.28. The molecular formula is C15H18ClN3O. The van der Waals surface area contributed by atoms with Crippen LogP contribution in [0.3, 0.4) is 0 Å². The zero-order chi connectivity index (χ0) is 14.3. The van der Waals surface area contributed by atoms with Gasteiger partial charge in [0.25, 0.3) is 0 Å². The maximum Gasteiger partial charge on any atom is 0.145 e. The van der Waals surface area contributed by atoms with Gasteiger partial charge in [0, 0.05) is 18.2 Å². The van der Waals surface area contributed by atoms with Crippen molar-refractivity contribution in [3.8, 4) is 16.9 Å². The average Bonchev–Trinajstić information content (AvgIpc) is 2.79. The van der Waals surface area contributed by atoms with Crippen LogP contribution in [0, 0.1) is 0 Å². The normalized spacial score (nSPS) is 14.2. The molecule has 0 spiro atoms. The van der Waals surface area contributed by atoms with Crippen LogP contribution in [-0.4, -0.2) is 16.9 Å². The Hall–Kier alpha value is -1.68. The van der Waals surface area contributed by atoms with Crippen molar-refractivity contribution in [1.82, 2.24) is 9.78 Å². The van der Waals surface area contributed by atoms with Gasteiger partial charge in [-0.25, -0.2) is 0 Å². The van der Waals surface area contributed by atoms with Crippen molar-refractivity contribution in [1.29, 1.82) is 0 Å². The number of nitrogens with zero attached hydrogens (tertiary/aromatic N) is 2. The lowest BCUT2D eigenvalue weighted by Gasteiger charge is -2.21. The van der Waals surface area contributed by atoms with Gasteiger partial charge in [0.1, 0.15) is 11.6 Å². The van der Waals surface area contributed by atoms with Crippen molar-refractivity contribution in [2.45, 2.75) is 25.7 Å². The molecule has 0 atom stereocenters. The first-order chi connectivity index (χ1) is 9.63.